The van der Waals surface area contributed by atoms with Crippen LogP contribution in [0.2, 0.25) is 5.28 Å². The molecule has 0 N–H and O–H groups in total. The van der Waals surface area contributed by atoms with Gasteiger partial charge in [0.05, 0.1) is 0 Å². The molecule has 3 nitrogen and oxygen atoms in total. The molecule has 0 aliphatic rings. The van der Waals surface area contributed by atoms with Crippen LogP contribution in [0.4, 0.5) is 0 Å². The number of fused-ring (bicyclic) bond motifs is 1. The van der Waals surface area contributed by atoms with E-state index in [2.05, 4.69) is 40.3 Å². The van der Waals surface area contributed by atoms with E-state index in [0.717, 1.165) is 38.6 Å². The van der Waals surface area contributed by atoms with E-state index >= 15 is 0 Å². The van der Waals surface area contributed by atoms with Crippen molar-refractivity contribution in [1.82, 2.24) is 15.0 Å². The molecule has 0 saturated carbocycles. The Balaban J connectivity index is 1.83. The third-order valence-electron chi connectivity index (χ3n) is 4.00. The second-order valence-electron chi connectivity index (χ2n) is 5.94. The Kier molecular flexibility index (Phi) is 4.87. The number of aryl methyl sites for hydroxylation is 1. The van der Waals surface area contributed by atoms with Crippen molar-refractivity contribution in [3.8, 4) is 11.3 Å². The van der Waals surface area contributed by atoms with E-state index in [-0.39, 0.29) is 5.28 Å². The lowest BCUT2D eigenvalue weighted by Crippen LogP contribution is -1.97. The first-order valence-corrected chi connectivity index (χ1v) is 9.64. The zero-order valence-corrected chi connectivity index (χ0v) is 15.8. The number of aromatic nitrogens is 3. The van der Waals surface area contributed by atoms with Crippen molar-refractivity contribution in [3.63, 3.8) is 0 Å². The van der Waals surface area contributed by atoms with Gasteiger partial charge in [-0.25, -0.2) is 15.0 Å². The second kappa shape index (κ2) is 7.44. The Bertz CT molecular complexity index is 1050. The van der Waals surface area contributed by atoms with Crippen LogP contribution in [0.5, 0.6) is 0 Å². The number of hydrogen-bond donors (Lipinski definition) is 0. The van der Waals surface area contributed by atoms with Gasteiger partial charge < -0.3 is 0 Å². The summed E-state index contributed by atoms with van der Waals surface area (Å²) in [5.74, 6) is 0.863. The SMILES string of the molecule is Cc1cc(SCc2ccccc2)c2nc(Cl)nc(-c3ccccc3)c2n1. The lowest BCUT2D eigenvalue weighted by atomic mass is 10.1. The smallest absolute Gasteiger partial charge is 0.223 e. The Morgan fingerprint density at radius 1 is 0.846 bits per heavy atom. The number of hydrogen-bond acceptors (Lipinski definition) is 4. The van der Waals surface area contributed by atoms with Crippen LogP contribution in [-0.2, 0) is 5.75 Å². The second-order valence-corrected chi connectivity index (χ2v) is 7.30. The minimum absolute atomic E-state index is 0.239. The molecule has 0 aliphatic heterocycles. The van der Waals surface area contributed by atoms with Gasteiger partial charge in [0.25, 0.3) is 0 Å². The van der Waals surface area contributed by atoms with Crippen molar-refractivity contribution >= 4 is 34.4 Å². The molecule has 0 aliphatic carbocycles. The molecule has 4 rings (SSSR count). The summed E-state index contributed by atoms with van der Waals surface area (Å²) in [5.41, 5.74) is 5.55. The quantitative estimate of drug-likeness (QED) is 0.325. The van der Waals surface area contributed by atoms with Gasteiger partial charge >= 0.3 is 0 Å². The summed E-state index contributed by atoms with van der Waals surface area (Å²) in [6.07, 6.45) is 0. The molecular formula is C21H16ClN3S. The molecule has 0 atom stereocenters. The highest BCUT2D eigenvalue weighted by atomic mass is 35.5. The first-order valence-electron chi connectivity index (χ1n) is 8.28. The maximum Gasteiger partial charge on any atom is 0.223 e. The summed E-state index contributed by atoms with van der Waals surface area (Å²) in [6, 6.07) is 22.4. The van der Waals surface area contributed by atoms with Crippen LogP contribution < -0.4 is 0 Å². The first kappa shape index (κ1) is 17.0. The van der Waals surface area contributed by atoms with Gasteiger partial charge in [-0.2, -0.15) is 0 Å². The molecule has 0 radical (unpaired) electrons. The molecule has 0 spiro atoms. The molecule has 2 heterocycles. The van der Waals surface area contributed by atoms with Crippen molar-refractivity contribution in [2.24, 2.45) is 0 Å². The lowest BCUT2D eigenvalue weighted by Gasteiger charge is -2.11. The van der Waals surface area contributed by atoms with E-state index in [1.807, 2.05) is 43.3 Å². The highest BCUT2D eigenvalue weighted by Gasteiger charge is 2.15. The van der Waals surface area contributed by atoms with E-state index in [1.165, 1.54) is 5.56 Å². The molecule has 2 aromatic carbocycles. The molecule has 0 saturated heterocycles. The largest absolute Gasteiger partial charge is 0.249 e. The lowest BCUT2D eigenvalue weighted by molar-refractivity contribution is 1.14. The van der Waals surface area contributed by atoms with Crippen molar-refractivity contribution < 1.29 is 0 Å². The molecule has 0 fully saturated rings. The van der Waals surface area contributed by atoms with Crippen molar-refractivity contribution in [1.29, 1.82) is 0 Å². The molecule has 4 aromatic rings. The average Bonchev–Trinajstić information content (AvgIpc) is 2.67. The minimum atomic E-state index is 0.239. The molecule has 26 heavy (non-hydrogen) atoms. The van der Waals surface area contributed by atoms with Crippen molar-refractivity contribution in [2.45, 2.75) is 17.6 Å². The van der Waals surface area contributed by atoms with E-state index in [9.17, 15) is 0 Å². The fourth-order valence-electron chi connectivity index (χ4n) is 2.81. The summed E-state index contributed by atoms with van der Waals surface area (Å²) in [5, 5.41) is 0.239. The van der Waals surface area contributed by atoms with Gasteiger partial charge in [-0.1, -0.05) is 60.7 Å². The molecule has 0 amide bonds. The van der Waals surface area contributed by atoms with Crippen LogP contribution in [0.3, 0.4) is 0 Å². The fourth-order valence-corrected chi connectivity index (χ4v) is 4.03. The third-order valence-corrected chi connectivity index (χ3v) is 5.27. The van der Waals surface area contributed by atoms with Gasteiger partial charge in [0.2, 0.25) is 5.28 Å². The topological polar surface area (TPSA) is 38.7 Å². The van der Waals surface area contributed by atoms with Crippen LogP contribution in [-0.4, -0.2) is 15.0 Å². The molecule has 2 aromatic heterocycles. The van der Waals surface area contributed by atoms with E-state index in [0.29, 0.717) is 0 Å². The summed E-state index contributed by atoms with van der Waals surface area (Å²) >= 11 is 7.98. The van der Waals surface area contributed by atoms with Crippen molar-refractivity contribution in [3.05, 3.63) is 83.3 Å². The monoisotopic (exact) mass is 377 g/mol. The number of halogens is 1. The normalized spacial score (nSPS) is 11.0. The van der Waals surface area contributed by atoms with Gasteiger partial charge in [0.15, 0.2) is 0 Å². The standard InChI is InChI=1S/C21H16ClN3S/c1-14-12-17(26-13-15-8-4-2-5-9-15)19-20(23-14)18(24-21(22)25-19)16-10-6-3-7-11-16/h2-12H,13H2,1H3. The average molecular weight is 378 g/mol. The van der Waals surface area contributed by atoms with Crippen LogP contribution in [0.25, 0.3) is 22.3 Å². The highest BCUT2D eigenvalue weighted by Crippen LogP contribution is 2.33. The van der Waals surface area contributed by atoms with Crippen LogP contribution in [0.15, 0.2) is 71.6 Å². The summed E-state index contributed by atoms with van der Waals surface area (Å²) in [7, 11) is 0. The molecule has 5 heteroatoms. The molecule has 128 valence electrons. The Morgan fingerprint density at radius 3 is 2.27 bits per heavy atom. The first-order chi connectivity index (χ1) is 12.7. The van der Waals surface area contributed by atoms with Gasteiger partial charge in [-0.05, 0) is 30.2 Å². The van der Waals surface area contributed by atoms with Crippen LogP contribution in [0.1, 0.15) is 11.3 Å². The summed E-state index contributed by atoms with van der Waals surface area (Å²) in [6.45, 7) is 2.00. The Hall–Kier alpha value is -2.43. The maximum absolute atomic E-state index is 6.24. The zero-order valence-electron chi connectivity index (χ0n) is 14.2. The highest BCUT2D eigenvalue weighted by molar-refractivity contribution is 7.98. The summed E-state index contributed by atoms with van der Waals surface area (Å²) in [4.78, 5) is 14.7. The summed E-state index contributed by atoms with van der Waals surface area (Å²) < 4.78 is 0. The fraction of sp³-hybridized carbons (Fsp3) is 0.0952. The minimum Gasteiger partial charge on any atom is -0.249 e. The number of benzene rings is 2. The maximum atomic E-state index is 6.24. The van der Waals surface area contributed by atoms with Crippen LogP contribution in [0, 0.1) is 6.92 Å². The zero-order chi connectivity index (χ0) is 17.9. The Labute approximate surface area is 161 Å². The van der Waals surface area contributed by atoms with E-state index in [1.54, 1.807) is 11.8 Å². The van der Waals surface area contributed by atoms with E-state index < -0.39 is 0 Å². The number of nitrogens with zero attached hydrogens (tertiary/aromatic N) is 3. The van der Waals surface area contributed by atoms with Crippen LogP contribution >= 0.6 is 23.4 Å². The molecule has 0 unspecified atom stereocenters. The van der Waals surface area contributed by atoms with Gasteiger partial charge in [0, 0.05) is 21.9 Å². The van der Waals surface area contributed by atoms with Gasteiger partial charge in [-0.15, -0.1) is 11.8 Å². The molecular weight excluding hydrogens is 362 g/mol. The van der Waals surface area contributed by atoms with E-state index in [4.69, 9.17) is 16.6 Å². The number of pyridine rings is 1. The predicted molar refractivity (Wildman–Crippen MR) is 109 cm³/mol. The third kappa shape index (κ3) is 3.57. The van der Waals surface area contributed by atoms with Gasteiger partial charge in [0.1, 0.15) is 16.7 Å². The van der Waals surface area contributed by atoms with Crippen molar-refractivity contribution in [2.75, 3.05) is 0 Å². The van der Waals surface area contributed by atoms with Gasteiger partial charge in [-0.3, -0.25) is 0 Å². The molecule has 0 bridgehead atoms. The predicted octanol–water partition coefficient (Wildman–Crippen LogP) is 5.95. The Morgan fingerprint density at radius 2 is 1.54 bits per heavy atom. The number of rotatable bonds is 4. The number of thioether (sulfide) groups is 1.